The van der Waals surface area contributed by atoms with Crippen LogP contribution in [0.2, 0.25) is 5.02 Å². The summed E-state index contributed by atoms with van der Waals surface area (Å²) in [5.74, 6) is 0.870. The number of nitrogens with zero attached hydrogens (tertiary/aromatic N) is 1. The van der Waals surface area contributed by atoms with Gasteiger partial charge < -0.3 is 26.2 Å². The molecule has 2 aromatic carbocycles. The Morgan fingerprint density at radius 2 is 1.73 bits per heavy atom. The van der Waals surface area contributed by atoms with Gasteiger partial charge in [0.15, 0.2) is 0 Å². The van der Waals surface area contributed by atoms with Crippen LogP contribution in [0.25, 0.3) is 0 Å². The van der Waals surface area contributed by atoms with Gasteiger partial charge in [0.25, 0.3) is 0 Å². The molecule has 4 heteroatoms. The maximum Gasteiger partial charge on any atom is 0.137 e. The van der Waals surface area contributed by atoms with Crippen molar-refractivity contribution in [2.24, 2.45) is 0 Å². The van der Waals surface area contributed by atoms with Crippen LogP contribution in [0.3, 0.4) is 0 Å². The zero-order valence-electron chi connectivity index (χ0n) is 13.4. The van der Waals surface area contributed by atoms with Crippen LogP contribution in [-0.4, -0.2) is 31.7 Å². The summed E-state index contributed by atoms with van der Waals surface area (Å²) in [6.45, 7) is 4.79. The lowest BCUT2D eigenvalue weighted by Gasteiger charge is -2.29. The first kappa shape index (κ1) is 19.0. The summed E-state index contributed by atoms with van der Waals surface area (Å²) in [5.41, 5.74) is 2.68. The van der Waals surface area contributed by atoms with Crippen LogP contribution in [0.5, 0.6) is 5.75 Å². The van der Waals surface area contributed by atoms with Crippen LogP contribution in [0.15, 0.2) is 48.5 Å². The minimum absolute atomic E-state index is 0. The summed E-state index contributed by atoms with van der Waals surface area (Å²) in [5, 5.41) is 0.734. The second-order valence-electron chi connectivity index (χ2n) is 6.11. The van der Waals surface area contributed by atoms with E-state index in [1.807, 2.05) is 24.3 Å². The van der Waals surface area contributed by atoms with E-state index >= 15 is 0 Å². The second kappa shape index (κ2) is 8.56. The van der Waals surface area contributed by atoms with Crippen molar-refractivity contribution >= 4 is 11.6 Å². The van der Waals surface area contributed by atoms with Crippen molar-refractivity contribution in [3.05, 3.63) is 64.7 Å². The first-order chi connectivity index (χ1) is 9.94. The predicted octanol–water partition coefficient (Wildman–Crippen LogP) is 1.31. The van der Waals surface area contributed by atoms with Crippen molar-refractivity contribution in [2.45, 2.75) is 13.5 Å². The van der Waals surface area contributed by atoms with Gasteiger partial charge >= 0.3 is 0 Å². The Morgan fingerprint density at radius 1 is 1.05 bits per heavy atom. The Labute approximate surface area is 149 Å². The van der Waals surface area contributed by atoms with Gasteiger partial charge in [-0.2, -0.15) is 0 Å². The number of hydrogen-bond acceptors (Lipinski definition) is 1. The van der Waals surface area contributed by atoms with E-state index in [4.69, 9.17) is 16.3 Å². The Morgan fingerprint density at radius 3 is 2.36 bits per heavy atom. The van der Waals surface area contributed by atoms with Crippen LogP contribution in [-0.2, 0) is 6.54 Å². The minimum atomic E-state index is 0. The van der Waals surface area contributed by atoms with E-state index in [1.54, 1.807) is 0 Å². The second-order valence-corrected chi connectivity index (χ2v) is 6.55. The zero-order valence-corrected chi connectivity index (χ0v) is 15.7. The number of halogens is 2. The van der Waals surface area contributed by atoms with E-state index in [9.17, 15) is 0 Å². The fourth-order valence-electron chi connectivity index (χ4n) is 2.33. The summed E-state index contributed by atoms with van der Waals surface area (Å²) < 4.78 is 6.68. The van der Waals surface area contributed by atoms with Gasteiger partial charge in [-0.05, 0) is 31.2 Å². The van der Waals surface area contributed by atoms with Gasteiger partial charge in [-0.1, -0.05) is 41.4 Å². The summed E-state index contributed by atoms with van der Waals surface area (Å²) in [7, 11) is 4.46. The van der Waals surface area contributed by atoms with Crippen LogP contribution >= 0.6 is 11.6 Å². The maximum absolute atomic E-state index is 5.86. The molecule has 0 amide bonds. The highest BCUT2D eigenvalue weighted by molar-refractivity contribution is 6.30. The number of hydrogen-bond donors (Lipinski definition) is 0. The molecule has 0 aromatic heterocycles. The summed E-state index contributed by atoms with van der Waals surface area (Å²) in [6, 6.07) is 16.2. The average molecular weight is 385 g/mol. The highest BCUT2D eigenvalue weighted by Gasteiger charge is 2.16. The molecule has 0 spiro atoms. The quantitative estimate of drug-likeness (QED) is 0.682. The zero-order chi connectivity index (χ0) is 15.3. The topological polar surface area (TPSA) is 9.23 Å². The summed E-state index contributed by atoms with van der Waals surface area (Å²) >= 11 is 5.86. The van der Waals surface area contributed by atoms with Crippen LogP contribution < -0.4 is 21.7 Å². The highest BCUT2D eigenvalue weighted by atomic mass is 79.9. The lowest BCUT2D eigenvalue weighted by Crippen LogP contribution is -3.00. The third kappa shape index (κ3) is 6.39. The van der Waals surface area contributed by atoms with Gasteiger partial charge in [0.2, 0.25) is 0 Å². The fraction of sp³-hybridized carbons (Fsp3) is 0.333. The standard InChI is InChI=1S/C18H23ClNO.BrH/c1-15-5-4-6-16(13-15)14-20(2,3)11-12-21-18-9-7-17(19)8-10-18;/h4-10,13H,11-12,14H2,1-3H3;1H/q+1;/p-1. The molecule has 0 saturated heterocycles. The molecule has 0 N–H and O–H groups in total. The molecule has 0 bridgehead atoms. The van der Waals surface area contributed by atoms with Crippen molar-refractivity contribution in [3.63, 3.8) is 0 Å². The van der Waals surface area contributed by atoms with E-state index in [0.717, 1.165) is 28.3 Å². The number of ether oxygens (including phenoxy) is 1. The summed E-state index contributed by atoms with van der Waals surface area (Å²) in [6.07, 6.45) is 0. The third-order valence-corrected chi connectivity index (χ3v) is 3.72. The number of aryl methyl sites for hydroxylation is 1. The molecular formula is C18H23BrClNO. The van der Waals surface area contributed by atoms with Crippen LogP contribution in [0, 0.1) is 6.92 Å². The molecule has 0 heterocycles. The van der Waals surface area contributed by atoms with Crippen molar-refractivity contribution in [1.82, 2.24) is 0 Å². The molecule has 0 unspecified atom stereocenters. The van der Waals surface area contributed by atoms with Gasteiger partial charge in [-0.15, -0.1) is 0 Å². The molecule has 2 rings (SSSR count). The van der Waals surface area contributed by atoms with Crippen molar-refractivity contribution in [3.8, 4) is 5.75 Å². The lowest BCUT2D eigenvalue weighted by atomic mass is 10.1. The molecule has 0 fully saturated rings. The Kier molecular flexibility index (Phi) is 7.40. The molecular weight excluding hydrogens is 362 g/mol. The van der Waals surface area contributed by atoms with E-state index < -0.39 is 0 Å². The van der Waals surface area contributed by atoms with Gasteiger partial charge in [-0.3, -0.25) is 0 Å². The lowest BCUT2D eigenvalue weighted by molar-refractivity contribution is -0.903. The molecule has 2 nitrogen and oxygen atoms in total. The minimum Gasteiger partial charge on any atom is -1.00 e. The molecule has 0 radical (unpaired) electrons. The average Bonchev–Trinajstić information content (AvgIpc) is 2.40. The number of benzene rings is 2. The highest BCUT2D eigenvalue weighted by Crippen LogP contribution is 2.16. The fourth-order valence-corrected chi connectivity index (χ4v) is 2.45. The van der Waals surface area contributed by atoms with E-state index in [2.05, 4.69) is 45.3 Å². The predicted molar refractivity (Wildman–Crippen MR) is 88.8 cm³/mol. The van der Waals surface area contributed by atoms with E-state index in [0.29, 0.717) is 6.61 Å². The Balaban J connectivity index is 0.00000242. The molecule has 120 valence electrons. The van der Waals surface area contributed by atoms with Crippen molar-refractivity contribution in [2.75, 3.05) is 27.2 Å². The van der Waals surface area contributed by atoms with Crippen LogP contribution in [0.4, 0.5) is 0 Å². The molecule has 0 aliphatic heterocycles. The first-order valence-electron chi connectivity index (χ1n) is 7.20. The molecule has 2 aromatic rings. The van der Waals surface area contributed by atoms with Crippen molar-refractivity contribution in [1.29, 1.82) is 0 Å². The molecule has 0 aliphatic carbocycles. The Hall–Kier alpha value is -1.03. The van der Waals surface area contributed by atoms with Crippen LogP contribution in [0.1, 0.15) is 11.1 Å². The third-order valence-electron chi connectivity index (χ3n) is 3.47. The maximum atomic E-state index is 5.86. The summed E-state index contributed by atoms with van der Waals surface area (Å²) in [4.78, 5) is 0. The number of rotatable bonds is 6. The molecule has 0 aliphatic rings. The van der Waals surface area contributed by atoms with E-state index in [-0.39, 0.29) is 17.0 Å². The molecule has 0 atom stereocenters. The molecule has 0 saturated carbocycles. The van der Waals surface area contributed by atoms with Gasteiger partial charge in [0.1, 0.15) is 25.4 Å². The molecule has 22 heavy (non-hydrogen) atoms. The van der Waals surface area contributed by atoms with Crippen molar-refractivity contribution < 1.29 is 26.2 Å². The monoisotopic (exact) mass is 383 g/mol. The number of quaternary nitrogens is 1. The smallest absolute Gasteiger partial charge is 0.137 e. The number of likely N-dealkylation sites (N-methyl/N-ethyl adjacent to an activating group) is 1. The normalized spacial score (nSPS) is 10.9. The van der Waals surface area contributed by atoms with Gasteiger partial charge in [0.05, 0.1) is 14.1 Å². The van der Waals surface area contributed by atoms with Gasteiger partial charge in [-0.25, -0.2) is 0 Å². The van der Waals surface area contributed by atoms with Gasteiger partial charge in [0, 0.05) is 10.6 Å². The SMILES string of the molecule is Cc1cccc(C[N+](C)(C)CCOc2ccc(Cl)cc2)c1.[Br-]. The first-order valence-corrected chi connectivity index (χ1v) is 7.58. The largest absolute Gasteiger partial charge is 1.00 e. The Bertz CT molecular complexity index is 584. The van der Waals surface area contributed by atoms with E-state index in [1.165, 1.54) is 11.1 Å².